The molecular weight excluding hydrogens is 326 g/mol. The minimum absolute atomic E-state index is 0.148. The molecule has 2 N–H and O–H groups in total. The summed E-state index contributed by atoms with van der Waals surface area (Å²) in [5.41, 5.74) is -0.873. The Hall–Kier alpha value is -0.520. The summed E-state index contributed by atoms with van der Waals surface area (Å²) >= 11 is 5.16. The highest BCUT2D eigenvalue weighted by atomic mass is 79.9. The Labute approximate surface area is 127 Å². The molecule has 1 aromatic rings. The maximum atomic E-state index is 11.4. The van der Waals surface area contributed by atoms with Gasteiger partial charge in [-0.05, 0) is 55.3 Å². The van der Waals surface area contributed by atoms with Gasteiger partial charge in [0.2, 0.25) is 0 Å². The maximum Gasteiger partial charge on any atom is 0.323 e. The fourth-order valence-electron chi connectivity index (χ4n) is 1.80. The van der Waals surface area contributed by atoms with Crippen molar-refractivity contribution < 1.29 is 9.90 Å². The van der Waals surface area contributed by atoms with Crippen LogP contribution in [0.2, 0.25) is 0 Å². The topological polar surface area (TPSA) is 49.3 Å². The van der Waals surface area contributed by atoms with Gasteiger partial charge in [0.05, 0.1) is 0 Å². The first-order valence-electron chi connectivity index (χ1n) is 6.23. The summed E-state index contributed by atoms with van der Waals surface area (Å²) in [5, 5.41) is 12.5. The molecule has 0 aliphatic rings. The lowest BCUT2D eigenvalue weighted by Gasteiger charge is -2.28. The van der Waals surface area contributed by atoms with Gasteiger partial charge in [-0.15, -0.1) is 11.8 Å². The summed E-state index contributed by atoms with van der Waals surface area (Å²) < 4.78 is 1.05. The first-order valence-corrected chi connectivity index (χ1v) is 8.01. The highest BCUT2D eigenvalue weighted by Gasteiger charge is 2.32. The Bertz CT molecular complexity index is 439. The van der Waals surface area contributed by atoms with E-state index < -0.39 is 11.5 Å². The number of carboxylic acids is 1. The number of rotatable bonds is 7. The second-order valence-corrected chi connectivity index (χ2v) is 6.96. The standard InChI is InChI=1S/C14H20BrNO2S/c1-10(2)16-14(3,13(17)18)8-9-19-12-7-5-4-6-11(12)15/h4-7,10,16H,8-9H2,1-3H3,(H,17,18). The first-order chi connectivity index (χ1) is 8.85. The number of thioether (sulfide) groups is 1. The second kappa shape index (κ2) is 7.31. The number of halogens is 1. The van der Waals surface area contributed by atoms with Crippen LogP contribution in [-0.2, 0) is 4.79 Å². The molecule has 0 spiro atoms. The Morgan fingerprint density at radius 3 is 2.63 bits per heavy atom. The van der Waals surface area contributed by atoms with Gasteiger partial charge in [0.1, 0.15) is 5.54 Å². The number of hydrogen-bond donors (Lipinski definition) is 2. The van der Waals surface area contributed by atoms with Crippen LogP contribution in [0.5, 0.6) is 0 Å². The lowest BCUT2D eigenvalue weighted by atomic mass is 9.98. The molecule has 0 amide bonds. The van der Waals surface area contributed by atoms with Gasteiger partial charge in [0.15, 0.2) is 0 Å². The van der Waals surface area contributed by atoms with Crippen molar-refractivity contribution in [3.63, 3.8) is 0 Å². The van der Waals surface area contributed by atoms with E-state index in [4.69, 9.17) is 0 Å². The number of benzene rings is 1. The number of aliphatic carboxylic acids is 1. The Kier molecular flexibility index (Phi) is 6.36. The van der Waals surface area contributed by atoms with Crippen molar-refractivity contribution in [2.75, 3.05) is 5.75 Å². The molecule has 0 saturated heterocycles. The molecule has 1 atom stereocenters. The molecule has 1 rings (SSSR count). The third kappa shape index (κ3) is 5.16. The Morgan fingerprint density at radius 1 is 1.47 bits per heavy atom. The van der Waals surface area contributed by atoms with Gasteiger partial charge in [-0.2, -0.15) is 0 Å². The van der Waals surface area contributed by atoms with E-state index in [1.165, 1.54) is 0 Å². The van der Waals surface area contributed by atoms with E-state index in [-0.39, 0.29) is 6.04 Å². The van der Waals surface area contributed by atoms with Gasteiger partial charge >= 0.3 is 5.97 Å². The predicted octanol–water partition coefficient (Wildman–Crippen LogP) is 3.77. The number of carboxylic acid groups (broad SMARTS) is 1. The van der Waals surface area contributed by atoms with Crippen LogP contribution in [0.15, 0.2) is 33.6 Å². The third-order valence-electron chi connectivity index (χ3n) is 2.78. The lowest BCUT2D eigenvalue weighted by Crippen LogP contribution is -2.52. The van der Waals surface area contributed by atoms with Gasteiger partial charge < -0.3 is 5.11 Å². The summed E-state index contributed by atoms with van der Waals surface area (Å²) in [6.45, 7) is 5.67. The van der Waals surface area contributed by atoms with Crippen molar-refractivity contribution in [1.29, 1.82) is 0 Å². The van der Waals surface area contributed by atoms with Crippen molar-refractivity contribution in [2.24, 2.45) is 0 Å². The molecule has 0 bridgehead atoms. The van der Waals surface area contributed by atoms with Crippen LogP contribution >= 0.6 is 27.7 Å². The van der Waals surface area contributed by atoms with E-state index in [0.717, 1.165) is 15.1 Å². The maximum absolute atomic E-state index is 11.4. The average molecular weight is 346 g/mol. The number of hydrogen-bond acceptors (Lipinski definition) is 3. The number of nitrogens with one attached hydrogen (secondary N) is 1. The van der Waals surface area contributed by atoms with Crippen LogP contribution in [-0.4, -0.2) is 28.4 Å². The second-order valence-electron chi connectivity index (χ2n) is 4.97. The van der Waals surface area contributed by atoms with Crippen LogP contribution in [0.1, 0.15) is 27.2 Å². The van der Waals surface area contributed by atoms with Crippen LogP contribution in [0, 0.1) is 0 Å². The predicted molar refractivity (Wildman–Crippen MR) is 83.8 cm³/mol. The molecule has 0 aromatic heterocycles. The van der Waals surface area contributed by atoms with Crippen molar-refractivity contribution in [1.82, 2.24) is 5.32 Å². The summed E-state index contributed by atoms with van der Waals surface area (Å²) in [6.07, 6.45) is 0.576. The minimum atomic E-state index is -0.873. The zero-order valence-corrected chi connectivity index (χ0v) is 13.8. The SMILES string of the molecule is CC(C)NC(C)(CCSc1ccccc1Br)C(=O)O. The molecule has 106 valence electrons. The van der Waals surface area contributed by atoms with E-state index >= 15 is 0 Å². The van der Waals surface area contributed by atoms with Crippen LogP contribution in [0.3, 0.4) is 0 Å². The lowest BCUT2D eigenvalue weighted by molar-refractivity contribution is -0.144. The van der Waals surface area contributed by atoms with Crippen molar-refractivity contribution in [3.8, 4) is 0 Å². The van der Waals surface area contributed by atoms with Crippen molar-refractivity contribution in [2.45, 2.75) is 43.7 Å². The molecule has 0 fully saturated rings. The molecule has 5 heteroatoms. The highest BCUT2D eigenvalue weighted by Crippen LogP contribution is 2.29. The van der Waals surface area contributed by atoms with E-state index in [1.807, 2.05) is 38.1 Å². The van der Waals surface area contributed by atoms with Crippen molar-refractivity contribution >= 4 is 33.7 Å². The Morgan fingerprint density at radius 2 is 2.11 bits per heavy atom. The van der Waals surface area contributed by atoms with Crippen LogP contribution in [0.4, 0.5) is 0 Å². The molecular formula is C14H20BrNO2S. The summed E-state index contributed by atoms with van der Waals surface area (Å²) in [5.74, 6) is -0.0422. The molecule has 1 aromatic carbocycles. The molecule has 0 aliphatic heterocycles. The average Bonchev–Trinajstić information content (AvgIpc) is 2.30. The van der Waals surface area contributed by atoms with E-state index in [9.17, 15) is 9.90 Å². The van der Waals surface area contributed by atoms with E-state index in [1.54, 1.807) is 18.7 Å². The number of carbonyl (C=O) groups is 1. The third-order valence-corrected chi connectivity index (χ3v) is 4.80. The minimum Gasteiger partial charge on any atom is -0.480 e. The van der Waals surface area contributed by atoms with E-state index in [0.29, 0.717) is 6.42 Å². The fourth-order valence-corrected chi connectivity index (χ4v) is 3.54. The molecule has 19 heavy (non-hydrogen) atoms. The van der Waals surface area contributed by atoms with Crippen LogP contribution in [0.25, 0.3) is 0 Å². The molecule has 1 unspecified atom stereocenters. The van der Waals surface area contributed by atoms with Gasteiger partial charge in [-0.25, -0.2) is 0 Å². The quantitative estimate of drug-likeness (QED) is 0.738. The molecule has 3 nitrogen and oxygen atoms in total. The Balaban J connectivity index is 2.58. The van der Waals surface area contributed by atoms with Gasteiger partial charge in [-0.1, -0.05) is 12.1 Å². The fraction of sp³-hybridized carbons (Fsp3) is 0.500. The summed E-state index contributed by atoms with van der Waals surface area (Å²) in [7, 11) is 0. The zero-order chi connectivity index (χ0) is 14.5. The molecule has 0 saturated carbocycles. The zero-order valence-electron chi connectivity index (χ0n) is 11.4. The monoisotopic (exact) mass is 345 g/mol. The highest BCUT2D eigenvalue weighted by molar-refractivity contribution is 9.10. The van der Waals surface area contributed by atoms with Crippen molar-refractivity contribution in [3.05, 3.63) is 28.7 Å². The van der Waals surface area contributed by atoms with Gasteiger partial charge in [0, 0.05) is 21.2 Å². The smallest absolute Gasteiger partial charge is 0.323 e. The van der Waals surface area contributed by atoms with Gasteiger partial charge in [-0.3, -0.25) is 10.1 Å². The summed E-state index contributed by atoms with van der Waals surface area (Å²) in [6, 6.07) is 8.12. The molecule has 0 aliphatic carbocycles. The van der Waals surface area contributed by atoms with Gasteiger partial charge in [0.25, 0.3) is 0 Å². The largest absolute Gasteiger partial charge is 0.480 e. The van der Waals surface area contributed by atoms with E-state index in [2.05, 4.69) is 21.2 Å². The normalized spacial score (nSPS) is 14.4. The van der Waals surface area contributed by atoms with Crippen LogP contribution < -0.4 is 5.32 Å². The molecule has 0 heterocycles. The first kappa shape index (κ1) is 16.5. The molecule has 0 radical (unpaired) electrons. The summed E-state index contributed by atoms with van der Waals surface area (Å²) in [4.78, 5) is 12.5.